The zero-order chi connectivity index (χ0) is 28.4. The Hall–Kier alpha value is -3.96. The molecular weight excluding hydrogens is 581 g/mol. The lowest BCUT2D eigenvalue weighted by Crippen LogP contribution is -2.76. The zero-order valence-corrected chi connectivity index (χ0v) is 23.4. The van der Waals surface area contributed by atoms with Crippen molar-refractivity contribution in [3.05, 3.63) is 99.8 Å². The van der Waals surface area contributed by atoms with E-state index < -0.39 is 18.2 Å². The number of phenolic OH excluding ortho intramolecular Hbond substituents is 1. The normalized spacial score (nSPS) is 19.5. The van der Waals surface area contributed by atoms with Gasteiger partial charge in [0.15, 0.2) is 0 Å². The first kappa shape index (κ1) is 27.6. The SMILES string of the molecule is CN1CC(=O)N2[C@@H](Cc3ccc(O)cc3)C(=O)N(Cc3cccc(Br)c3)C[C@@H]2N1C(=O)NCc1ccc(F)cc1. The Kier molecular flexibility index (Phi) is 8.04. The Morgan fingerprint density at radius 1 is 1.02 bits per heavy atom. The highest BCUT2D eigenvalue weighted by molar-refractivity contribution is 9.10. The van der Waals surface area contributed by atoms with Crippen LogP contribution in [0, 0.1) is 5.82 Å². The van der Waals surface area contributed by atoms with Gasteiger partial charge in [0.05, 0.1) is 13.1 Å². The zero-order valence-electron chi connectivity index (χ0n) is 21.8. The van der Waals surface area contributed by atoms with E-state index in [1.807, 2.05) is 24.3 Å². The van der Waals surface area contributed by atoms with Crippen molar-refractivity contribution in [1.29, 1.82) is 0 Å². The molecule has 2 N–H and O–H groups in total. The van der Waals surface area contributed by atoms with Crippen LogP contribution in [0.15, 0.2) is 77.3 Å². The molecule has 2 saturated heterocycles. The number of benzene rings is 3. The van der Waals surface area contributed by atoms with E-state index in [0.717, 1.165) is 21.2 Å². The lowest BCUT2D eigenvalue weighted by atomic mass is 9.98. The quantitative estimate of drug-likeness (QED) is 0.446. The van der Waals surface area contributed by atoms with Crippen LogP contribution in [0.5, 0.6) is 5.75 Å². The van der Waals surface area contributed by atoms with Crippen LogP contribution in [0.3, 0.4) is 0 Å². The molecule has 0 spiro atoms. The van der Waals surface area contributed by atoms with Gasteiger partial charge in [-0.3, -0.25) is 9.59 Å². The third kappa shape index (κ3) is 5.95. The van der Waals surface area contributed by atoms with Crippen molar-refractivity contribution in [3.8, 4) is 5.75 Å². The largest absolute Gasteiger partial charge is 0.508 e. The van der Waals surface area contributed by atoms with Gasteiger partial charge in [-0.05, 0) is 53.1 Å². The smallest absolute Gasteiger partial charge is 0.334 e. The van der Waals surface area contributed by atoms with Gasteiger partial charge in [0.2, 0.25) is 11.8 Å². The van der Waals surface area contributed by atoms with Gasteiger partial charge in [-0.25, -0.2) is 19.2 Å². The number of aromatic hydroxyl groups is 1. The summed E-state index contributed by atoms with van der Waals surface area (Å²) >= 11 is 3.48. The molecule has 0 unspecified atom stereocenters. The number of hydrazine groups is 1. The molecule has 208 valence electrons. The number of carbonyl (C=O) groups is 3. The fourth-order valence-corrected chi connectivity index (χ4v) is 5.67. The fraction of sp³-hybridized carbons (Fsp3) is 0.276. The number of piperazine rings is 1. The molecule has 2 atom stereocenters. The number of nitrogens with one attached hydrogen (secondary N) is 1. The van der Waals surface area contributed by atoms with Gasteiger partial charge < -0.3 is 20.2 Å². The number of phenols is 1. The highest BCUT2D eigenvalue weighted by Crippen LogP contribution is 2.29. The van der Waals surface area contributed by atoms with Crippen molar-refractivity contribution in [1.82, 2.24) is 25.1 Å². The molecule has 40 heavy (non-hydrogen) atoms. The summed E-state index contributed by atoms with van der Waals surface area (Å²) in [5.74, 6) is -0.729. The molecule has 9 nitrogen and oxygen atoms in total. The highest BCUT2D eigenvalue weighted by atomic mass is 79.9. The lowest BCUT2D eigenvalue weighted by molar-refractivity contribution is -0.187. The Morgan fingerprint density at radius 2 is 1.73 bits per heavy atom. The number of rotatable bonds is 6. The van der Waals surface area contributed by atoms with Crippen LogP contribution >= 0.6 is 15.9 Å². The van der Waals surface area contributed by atoms with E-state index in [-0.39, 0.29) is 49.4 Å². The van der Waals surface area contributed by atoms with E-state index in [2.05, 4.69) is 21.2 Å². The van der Waals surface area contributed by atoms with Gasteiger partial charge in [-0.2, -0.15) is 0 Å². The number of urea groups is 1. The van der Waals surface area contributed by atoms with Gasteiger partial charge in [0.1, 0.15) is 23.8 Å². The van der Waals surface area contributed by atoms with Crippen molar-refractivity contribution < 1.29 is 23.9 Å². The summed E-state index contributed by atoms with van der Waals surface area (Å²) in [6.07, 6.45) is -0.517. The number of likely N-dealkylation sites (N-methyl/N-ethyl adjacent to an activating group) is 1. The number of carbonyl (C=O) groups excluding carboxylic acids is 3. The molecule has 11 heteroatoms. The van der Waals surface area contributed by atoms with E-state index in [1.54, 1.807) is 53.4 Å². The van der Waals surface area contributed by atoms with Crippen LogP contribution in [0.4, 0.5) is 9.18 Å². The van der Waals surface area contributed by atoms with Crippen molar-refractivity contribution in [2.75, 3.05) is 20.1 Å². The van der Waals surface area contributed by atoms with E-state index >= 15 is 0 Å². The van der Waals surface area contributed by atoms with E-state index in [0.29, 0.717) is 6.54 Å². The Balaban J connectivity index is 1.45. The summed E-state index contributed by atoms with van der Waals surface area (Å²) in [5, 5.41) is 15.6. The monoisotopic (exact) mass is 609 g/mol. The highest BCUT2D eigenvalue weighted by Gasteiger charge is 2.50. The standard InChI is InChI=1S/C29H29BrFN5O4/c1-33-18-27(38)35-25(14-19-7-11-24(37)12-8-19)28(39)34(16-21-3-2-4-22(30)13-21)17-26(35)36(33)29(40)32-15-20-5-9-23(31)10-6-20/h2-13,25-26,37H,14-18H2,1H3,(H,32,40)/t25-,26-/m0/s1. The summed E-state index contributed by atoms with van der Waals surface area (Å²) in [6, 6.07) is 18.7. The van der Waals surface area contributed by atoms with Crippen LogP contribution in [-0.4, -0.2) is 75.1 Å². The maximum Gasteiger partial charge on any atom is 0.334 e. The minimum absolute atomic E-state index is 0.0779. The van der Waals surface area contributed by atoms with Crippen molar-refractivity contribution >= 4 is 33.8 Å². The fourth-order valence-electron chi connectivity index (χ4n) is 5.22. The average molecular weight is 610 g/mol. The minimum atomic E-state index is -0.843. The first-order chi connectivity index (χ1) is 19.2. The molecule has 0 aromatic heterocycles. The molecule has 3 aromatic carbocycles. The van der Waals surface area contributed by atoms with Crippen LogP contribution < -0.4 is 5.32 Å². The average Bonchev–Trinajstić information content (AvgIpc) is 2.91. The molecule has 4 amide bonds. The number of nitrogens with zero attached hydrogens (tertiary/aromatic N) is 4. The first-order valence-electron chi connectivity index (χ1n) is 12.8. The topological polar surface area (TPSA) is 96.4 Å². The molecule has 2 aliphatic heterocycles. The maximum absolute atomic E-state index is 13.9. The number of halogens is 2. The Morgan fingerprint density at radius 3 is 2.42 bits per heavy atom. The third-order valence-corrected chi connectivity index (χ3v) is 7.63. The summed E-state index contributed by atoms with van der Waals surface area (Å²) in [5.41, 5.74) is 2.41. The van der Waals surface area contributed by atoms with Crippen LogP contribution in [0.2, 0.25) is 0 Å². The molecule has 0 aliphatic carbocycles. The molecule has 3 aromatic rings. The van der Waals surface area contributed by atoms with Crippen molar-refractivity contribution in [3.63, 3.8) is 0 Å². The second kappa shape index (κ2) is 11.6. The second-order valence-corrected chi connectivity index (χ2v) is 10.9. The number of amides is 4. The van der Waals surface area contributed by atoms with Gasteiger partial charge in [0.25, 0.3) is 0 Å². The van der Waals surface area contributed by atoms with Crippen LogP contribution in [0.1, 0.15) is 16.7 Å². The maximum atomic E-state index is 13.9. The van der Waals surface area contributed by atoms with Crippen LogP contribution in [-0.2, 0) is 29.1 Å². The molecule has 2 aliphatic rings. The molecular formula is C29H29BrFN5O4. The molecule has 0 radical (unpaired) electrons. The molecule has 0 saturated carbocycles. The predicted octanol–water partition coefficient (Wildman–Crippen LogP) is 3.47. The lowest BCUT2D eigenvalue weighted by Gasteiger charge is -2.54. The molecule has 0 bridgehead atoms. The van der Waals surface area contributed by atoms with Gasteiger partial charge >= 0.3 is 6.03 Å². The van der Waals surface area contributed by atoms with Crippen molar-refractivity contribution in [2.24, 2.45) is 0 Å². The molecule has 2 heterocycles. The van der Waals surface area contributed by atoms with Gasteiger partial charge in [0, 0.05) is 31.0 Å². The van der Waals surface area contributed by atoms with E-state index in [1.165, 1.54) is 22.0 Å². The van der Waals surface area contributed by atoms with Crippen molar-refractivity contribution in [2.45, 2.75) is 31.7 Å². The van der Waals surface area contributed by atoms with Crippen LogP contribution in [0.25, 0.3) is 0 Å². The molecule has 2 fully saturated rings. The predicted molar refractivity (Wildman–Crippen MR) is 149 cm³/mol. The first-order valence-corrected chi connectivity index (χ1v) is 13.6. The Bertz CT molecular complexity index is 1400. The summed E-state index contributed by atoms with van der Waals surface area (Å²) in [7, 11) is 1.66. The number of fused-ring (bicyclic) bond motifs is 1. The summed E-state index contributed by atoms with van der Waals surface area (Å²) in [4.78, 5) is 44.0. The number of hydrogen-bond acceptors (Lipinski definition) is 5. The molecule has 5 rings (SSSR count). The summed E-state index contributed by atoms with van der Waals surface area (Å²) < 4.78 is 14.2. The third-order valence-electron chi connectivity index (χ3n) is 7.13. The Labute approximate surface area is 239 Å². The summed E-state index contributed by atoms with van der Waals surface area (Å²) in [6.45, 7) is 0.516. The van der Waals surface area contributed by atoms with E-state index in [9.17, 15) is 23.9 Å². The second-order valence-electron chi connectivity index (χ2n) is 9.96. The van der Waals surface area contributed by atoms with E-state index in [4.69, 9.17) is 0 Å². The number of hydrogen-bond donors (Lipinski definition) is 2. The minimum Gasteiger partial charge on any atom is -0.508 e. The van der Waals surface area contributed by atoms with Gasteiger partial charge in [-0.1, -0.05) is 52.3 Å². The van der Waals surface area contributed by atoms with Gasteiger partial charge in [-0.15, -0.1) is 0 Å².